The Balaban J connectivity index is 1.67. The van der Waals surface area contributed by atoms with Crippen LogP contribution >= 0.6 is 11.8 Å². The molecular weight excluding hydrogens is 316 g/mol. The number of amides is 1. The first-order chi connectivity index (χ1) is 11.6. The van der Waals surface area contributed by atoms with E-state index < -0.39 is 0 Å². The quantitative estimate of drug-likeness (QED) is 0.674. The molecule has 4 heteroatoms. The van der Waals surface area contributed by atoms with E-state index in [4.69, 9.17) is 0 Å². The molecule has 0 aliphatic heterocycles. The minimum absolute atomic E-state index is 0.0173. The number of aromatic amines is 1. The number of nitrogens with one attached hydrogen (secondary N) is 2. The Bertz CT molecular complexity index is 865. The number of carbonyl (C=O) groups excluding carboxylic acids is 1. The van der Waals surface area contributed by atoms with Gasteiger partial charge in [-0.15, -0.1) is 11.8 Å². The molecule has 124 valence electrons. The molecule has 0 radical (unpaired) electrons. The Morgan fingerprint density at radius 1 is 1.12 bits per heavy atom. The van der Waals surface area contributed by atoms with Gasteiger partial charge in [-0.2, -0.15) is 0 Å². The molecule has 1 amide bonds. The molecule has 0 saturated carbocycles. The van der Waals surface area contributed by atoms with Gasteiger partial charge in [0.25, 0.3) is 5.91 Å². The highest BCUT2D eigenvalue weighted by Crippen LogP contribution is 2.24. The number of hydrogen-bond acceptors (Lipinski definition) is 2. The highest BCUT2D eigenvalue weighted by Gasteiger charge is 2.10. The van der Waals surface area contributed by atoms with Gasteiger partial charge >= 0.3 is 0 Å². The number of carbonyl (C=O) groups is 1. The van der Waals surface area contributed by atoms with Crippen LogP contribution in [0.3, 0.4) is 0 Å². The van der Waals surface area contributed by atoms with Crippen LogP contribution in [0.25, 0.3) is 10.9 Å². The molecule has 3 nitrogen and oxygen atoms in total. The summed E-state index contributed by atoms with van der Waals surface area (Å²) in [7, 11) is 0. The van der Waals surface area contributed by atoms with Gasteiger partial charge in [-0.05, 0) is 61.9 Å². The fourth-order valence-corrected chi connectivity index (χ4v) is 3.43. The summed E-state index contributed by atoms with van der Waals surface area (Å²) in [5.74, 6) is -0.0173. The largest absolute Gasteiger partial charge is 0.358 e. The number of thioether (sulfide) groups is 1. The molecule has 0 aliphatic rings. The number of fused-ring (bicyclic) bond motifs is 1. The Kier molecular flexibility index (Phi) is 4.95. The third-order valence-electron chi connectivity index (χ3n) is 4.38. The smallest absolute Gasteiger partial charge is 0.251 e. The second-order valence-electron chi connectivity index (χ2n) is 5.96. The van der Waals surface area contributed by atoms with Crippen molar-refractivity contribution in [2.45, 2.75) is 25.2 Å². The molecular formula is C20H22N2OS. The molecule has 0 saturated heterocycles. The zero-order valence-electron chi connectivity index (χ0n) is 14.3. The molecule has 3 aromatic rings. The maximum Gasteiger partial charge on any atom is 0.251 e. The number of aryl methyl sites for hydroxylation is 2. The topological polar surface area (TPSA) is 44.9 Å². The maximum absolute atomic E-state index is 12.2. The van der Waals surface area contributed by atoms with Crippen molar-refractivity contribution in [1.82, 2.24) is 10.3 Å². The second kappa shape index (κ2) is 7.14. The summed E-state index contributed by atoms with van der Waals surface area (Å²) in [5.41, 5.74) is 5.62. The molecule has 3 rings (SSSR count). The zero-order chi connectivity index (χ0) is 17.1. The van der Waals surface area contributed by atoms with E-state index in [0.29, 0.717) is 12.1 Å². The van der Waals surface area contributed by atoms with E-state index in [1.54, 1.807) is 11.8 Å². The average Bonchev–Trinajstić information content (AvgIpc) is 2.92. The second-order valence-corrected chi connectivity index (χ2v) is 6.84. The number of H-pyrrole nitrogens is 1. The summed E-state index contributed by atoms with van der Waals surface area (Å²) in [5, 5.41) is 4.28. The first-order valence-electron chi connectivity index (χ1n) is 8.09. The summed E-state index contributed by atoms with van der Waals surface area (Å²) >= 11 is 1.67. The summed E-state index contributed by atoms with van der Waals surface area (Å²) in [6, 6.07) is 14.0. The van der Waals surface area contributed by atoms with Gasteiger partial charge in [-0.3, -0.25) is 4.79 Å². The van der Waals surface area contributed by atoms with Gasteiger partial charge in [-0.1, -0.05) is 18.2 Å². The van der Waals surface area contributed by atoms with Crippen molar-refractivity contribution < 1.29 is 4.79 Å². The van der Waals surface area contributed by atoms with Gasteiger partial charge in [-0.25, -0.2) is 0 Å². The molecule has 0 bridgehead atoms. The van der Waals surface area contributed by atoms with Crippen LogP contribution in [0.15, 0.2) is 47.4 Å². The monoisotopic (exact) mass is 338 g/mol. The van der Waals surface area contributed by atoms with Crippen LogP contribution in [-0.2, 0) is 6.42 Å². The lowest BCUT2D eigenvalue weighted by molar-refractivity contribution is 0.0954. The number of para-hydroxylation sites is 1. The van der Waals surface area contributed by atoms with Crippen LogP contribution in [0.1, 0.15) is 27.2 Å². The molecule has 2 N–H and O–H groups in total. The van der Waals surface area contributed by atoms with Gasteiger partial charge < -0.3 is 10.3 Å². The molecule has 0 atom stereocenters. The number of benzene rings is 2. The van der Waals surface area contributed by atoms with Gasteiger partial charge in [0.15, 0.2) is 0 Å². The Morgan fingerprint density at radius 2 is 1.88 bits per heavy atom. The van der Waals surface area contributed by atoms with Crippen LogP contribution in [0.2, 0.25) is 0 Å². The number of hydrogen-bond donors (Lipinski definition) is 2. The maximum atomic E-state index is 12.2. The third kappa shape index (κ3) is 3.34. The van der Waals surface area contributed by atoms with Gasteiger partial charge in [0.2, 0.25) is 0 Å². The predicted octanol–water partition coefficient (Wildman–Crippen LogP) is 4.48. The predicted molar refractivity (Wildman–Crippen MR) is 102 cm³/mol. The van der Waals surface area contributed by atoms with Crippen molar-refractivity contribution in [2.24, 2.45) is 0 Å². The lowest BCUT2D eigenvalue weighted by atomic mass is 10.1. The molecule has 1 aromatic heterocycles. The van der Waals surface area contributed by atoms with E-state index in [2.05, 4.69) is 42.3 Å². The minimum Gasteiger partial charge on any atom is -0.358 e. The normalized spacial score (nSPS) is 11.0. The highest BCUT2D eigenvalue weighted by atomic mass is 32.2. The lowest BCUT2D eigenvalue weighted by Gasteiger charge is -2.06. The van der Waals surface area contributed by atoms with Crippen molar-refractivity contribution in [3.05, 3.63) is 64.8 Å². The van der Waals surface area contributed by atoms with E-state index in [0.717, 1.165) is 11.3 Å². The standard InChI is InChI=1S/C20H22N2OS/c1-13-5-4-6-18-17(14(2)22-19(13)18)11-12-21-20(23)15-7-9-16(24-3)10-8-15/h4-10,22H,11-12H2,1-3H3,(H,21,23). The van der Waals surface area contributed by atoms with Crippen molar-refractivity contribution in [2.75, 3.05) is 12.8 Å². The van der Waals surface area contributed by atoms with Crippen LogP contribution < -0.4 is 5.32 Å². The van der Waals surface area contributed by atoms with Crippen molar-refractivity contribution >= 4 is 28.6 Å². The third-order valence-corrected chi connectivity index (χ3v) is 5.12. The molecule has 0 unspecified atom stereocenters. The molecule has 24 heavy (non-hydrogen) atoms. The van der Waals surface area contributed by atoms with Crippen LogP contribution in [0.5, 0.6) is 0 Å². The SMILES string of the molecule is CSc1ccc(C(=O)NCCc2c(C)[nH]c3c(C)cccc23)cc1. The van der Waals surface area contributed by atoms with Gasteiger partial charge in [0, 0.05) is 33.6 Å². The van der Waals surface area contributed by atoms with Crippen molar-refractivity contribution in [3.63, 3.8) is 0 Å². The highest BCUT2D eigenvalue weighted by molar-refractivity contribution is 7.98. The van der Waals surface area contributed by atoms with E-state index in [1.165, 1.54) is 27.7 Å². The Hall–Kier alpha value is -2.20. The van der Waals surface area contributed by atoms with Crippen LogP contribution in [0, 0.1) is 13.8 Å². The lowest BCUT2D eigenvalue weighted by Crippen LogP contribution is -2.25. The van der Waals surface area contributed by atoms with Crippen molar-refractivity contribution in [1.29, 1.82) is 0 Å². The van der Waals surface area contributed by atoms with Crippen LogP contribution in [0.4, 0.5) is 0 Å². The minimum atomic E-state index is -0.0173. The fourth-order valence-electron chi connectivity index (χ4n) is 3.02. The van der Waals surface area contributed by atoms with E-state index in [9.17, 15) is 4.79 Å². The average molecular weight is 338 g/mol. The van der Waals surface area contributed by atoms with E-state index >= 15 is 0 Å². The first-order valence-corrected chi connectivity index (χ1v) is 9.31. The van der Waals surface area contributed by atoms with Gasteiger partial charge in [0.05, 0.1) is 0 Å². The summed E-state index contributed by atoms with van der Waals surface area (Å²) in [6.07, 6.45) is 2.85. The summed E-state index contributed by atoms with van der Waals surface area (Å²) < 4.78 is 0. The molecule has 1 heterocycles. The molecule has 0 fully saturated rings. The molecule has 2 aromatic carbocycles. The Labute approximate surface area is 146 Å². The van der Waals surface area contributed by atoms with Crippen LogP contribution in [-0.4, -0.2) is 23.7 Å². The number of rotatable bonds is 5. The fraction of sp³-hybridized carbons (Fsp3) is 0.250. The summed E-state index contributed by atoms with van der Waals surface area (Å²) in [6.45, 7) is 4.84. The van der Waals surface area contributed by atoms with E-state index in [1.807, 2.05) is 30.5 Å². The zero-order valence-corrected chi connectivity index (χ0v) is 15.1. The number of aromatic nitrogens is 1. The van der Waals surface area contributed by atoms with Gasteiger partial charge in [0.1, 0.15) is 0 Å². The molecule has 0 aliphatic carbocycles. The molecule has 0 spiro atoms. The van der Waals surface area contributed by atoms with Crippen molar-refractivity contribution in [3.8, 4) is 0 Å². The van der Waals surface area contributed by atoms with E-state index in [-0.39, 0.29) is 5.91 Å². The summed E-state index contributed by atoms with van der Waals surface area (Å²) in [4.78, 5) is 16.9. The Morgan fingerprint density at radius 3 is 2.58 bits per heavy atom. The first kappa shape index (κ1) is 16.7.